The van der Waals surface area contributed by atoms with E-state index >= 15 is 0 Å². The van der Waals surface area contributed by atoms with Gasteiger partial charge < -0.3 is 16.0 Å². The van der Waals surface area contributed by atoms with Crippen LogP contribution in [0.5, 0.6) is 0 Å². The van der Waals surface area contributed by atoms with Crippen molar-refractivity contribution in [2.24, 2.45) is 5.73 Å². The second-order valence-corrected chi connectivity index (χ2v) is 5.06. The summed E-state index contributed by atoms with van der Waals surface area (Å²) in [7, 11) is 0. The normalized spacial score (nSPS) is 25.3. The third-order valence-corrected chi connectivity index (χ3v) is 3.62. The molecule has 1 aliphatic carbocycles. The maximum Gasteiger partial charge on any atom is 0.236 e. The molecule has 104 valence electrons. The molecule has 0 radical (unpaired) electrons. The molecule has 0 aromatic rings. The first-order chi connectivity index (χ1) is 8.47. The zero-order valence-corrected chi connectivity index (χ0v) is 11.6. The lowest BCUT2D eigenvalue weighted by Crippen LogP contribution is -2.56. The Hall–Kier alpha value is -1.10. The molecular formula is C13H25N3O2. The molecule has 0 aromatic heterocycles. The van der Waals surface area contributed by atoms with Gasteiger partial charge >= 0.3 is 0 Å². The van der Waals surface area contributed by atoms with E-state index in [9.17, 15) is 9.59 Å². The van der Waals surface area contributed by atoms with Gasteiger partial charge in [0.2, 0.25) is 11.8 Å². The highest BCUT2D eigenvalue weighted by atomic mass is 16.2. The number of likely N-dealkylation sites (N-methyl/N-ethyl adjacent to an activating group) is 1. The molecule has 0 aromatic carbocycles. The topological polar surface area (TPSA) is 75.4 Å². The smallest absolute Gasteiger partial charge is 0.236 e. The van der Waals surface area contributed by atoms with Crippen LogP contribution in [0.25, 0.3) is 0 Å². The van der Waals surface area contributed by atoms with Crippen LogP contribution in [0.2, 0.25) is 0 Å². The van der Waals surface area contributed by atoms with Crippen LogP contribution < -0.4 is 11.1 Å². The molecule has 5 heteroatoms. The maximum atomic E-state index is 11.7. The van der Waals surface area contributed by atoms with Crippen LogP contribution in [0.4, 0.5) is 0 Å². The summed E-state index contributed by atoms with van der Waals surface area (Å²) in [6, 6.07) is -0.343. The molecule has 1 saturated carbocycles. The first-order valence-corrected chi connectivity index (χ1v) is 6.80. The second kappa shape index (κ2) is 6.73. The minimum atomic E-state index is -0.500. The van der Waals surface area contributed by atoms with Gasteiger partial charge in [0.1, 0.15) is 0 Å². The lowest BCUT2D eigenvalue weighted by atomic mass is 9.88. The summed E-state index contributed by atoms with van der Waals surface area (Å²) < 4.78 is 0. The van der Waals surface area contributed by atoms with Crippen molar-refractivity contribution in [2.45, 2.75) is 64.6 Å². The average Bonchev–Trinajstić information content (AvgIpc) is 2.31. The molecule has 5 nitrogen and oxygen atoms in total. The van der Waals surface area contributed by atoms with E-state index in [4.69, 9.17) is 5.73 Å². The van der Waals surface area contributed by atoms with Crippen molar-refractivity contribution in [1.82, 2.24) is 10.2 Å². The SMILES string of the molecule is CCN(C(C)=O)[C@@H]1CCCC[C@H]1NC(=O)[C@H](C)N. The van der Waals surface area contributed by atoms with E-state index in [1.165, 1.54) is 0 Å². The van der Waals surface area contributed by atoms with Gasteiger partial charge in [-0.3, -0.25) is 9.59 Å². The summed E-state index contributed by atoms with van der Waals surface area (Å²) in [4.78, 5) is 25.2. The molecule has 0 heterocycles. The Morgan fingerprint density at radius 3 is 2.50 bits per heavy atom. The quantitative estimate of drug-likeness (QED) is 0.773. The molecule has 0 aliphatic heterocycles. The standard InChI is InChI=1S/C13H25N3O2/c1-4-16(10(3)17)12-8-6-5-7-11(12)15-13(18)9(2)14/h9,11-12H,4-8,14H2,1-3H3,(H,15,18)/t9-,11+,12+/m0/s1. The highest BCUT2D eigenvalue weighted by molar-refractivity contribution is 5.81. The van der Waals surface area contributed by atoms with Crippen LogP contribution in [0.15, 0.2) is 0 Å². The van der Waals surface area contributed by atoms with Crippen LogP contribution in [0, 0.1) is 0 Å². The highest BCUT2D eigenvalue weighted by Crippen LogP contribution is 2.23. The fourth-order valence-electron chi connectivity index (χ4n) is 2.66. The van der Waals surface area contributed by atoms with E-state index in [1.54, 1.807) is 13.8 Å². The van der Waals surface area contributed by atoms with Crippen molar-refractivity contribution >= 4 is 11.8 Å². The predicted molar refractivity (Wildman–Crippen MR) is 70.9 cm³/mol. The third kappa shape index (κ3) is 3.70. The summed E-state index contributed by atoms with van der Waals surface area (Å²) in [5.74, 6) is -0.0593. The first-order valence-electron chi connectivity index (χ1n) is 6.80. The Kier molecular flexibility index (Phi) is 5.59. The number of nitrogens with two attached hydrogens (primary N) is 1. The minimum absolute atomic E-state index is 0.0427. The van der Waals surface area contributed by atoms with E-state index in [0.717, 1.165) is 25.7 Å². The highest BCUT2D eigenvalue weighted by Gasteiger charge is 2.32. The molecule has 0 saturated heterocycles. The largest absolute Gasteiger partial charge is 0.350 e. The Bertz CT molecular complexity index is 305. The van der Waals surface area contributed by atoms with Gasteiger partial charge in [0.15, 0.2) is 0 Å². The van der Waals surface area contributed by atoms with Crippen LogP contribution >= 0.6 is 0 Å². The molecule has 18 heavy (non-hydrogen) atoms. The number of hydrogen-bond donors (Lipinski definition) is 2. The predicted octanol–water partition coefficient (Wildman–Crippen LogP) is 0.629. The van der Waals surface area contributed by atoms with Gasteiger partial charge in [0, 0.05) is 19.5 Å². The Balaban J connectivity index is 2.73. The van der Waals surface area contributed by atoms with E-state index in [0.29, 0.717) is 6.54 Å². The van der Waals surface area contributed by atoms with Gasteiger partial charge in [-0.2, -0.15) is 0 Å². The summed E-state index contributed by atoms with van der Waals surface area (Å²) in [6.07, 6.45) is 4.08. The van der Waals surface area contributed by atoms with Crippen LogP contribution in [-0.4, -0.2) is 41.4 Å². The minimum Gasteiger partial charge on any atom is -0.350 e. The summed E-state index contributed by atoms with van der Waals surface area (Å²) in [5.41, 5.74) is 5.57. The van der Waals surface area contributed by atoms with Gasteiger partial charge in [-0.15, -0.1) is 0 Å². The van der Waals surface area contributed by atoms with Crippen LogP contribution in [0.1, 0.15) is 46.5 Å². The van der Waals surface area contributed by atoms with Gasteiger partial charge in [-0.25, -0.2) is 0 Å². The average molecular weight is 255 g/mol. The van der Waals surface area contributed by atoms with Gasteiger partial charge in [-0.05, 0) is 26.7 Å². The summed E-state index contributed by atoms with van der Waals surface area (Å²) >= 11 is 0. The van der Waals surface area contributed by atoms with Crippen molar-refractivity contribution in [1.29, 1.82) is 0 Å². The molecule has 1 aliphatic rings. The molecule has 0 spiro atoms. The van der Waals surface area contributed by atoms with E-state index in [2.05, 4.69) is 5.32 Å². The van der Waals surface area contributed by atoms with Crippen LogP contribution in [-0.2, 0) is 9.59 Å². The molecule has 2 amide bonds. The summed E-state index contributed by atoms with van der Waals surface area (Å²) in [5, 5.41) is 2.98. The van der Waals surface area contributed by atoms with Gasteiger partial charge in [0.25, 0.3) is 0 Å². The van der Waals surface area contributed by atoms with E-state index in [1.807, 2.05) is 11.8 Å². The monoisotopic (exact) mass is 255 g/mol. The molecule has 0 unspecified atom stereocenters. The summed E-state index contributed by atoms with van der Waals surface area (Å²) in [6.45, 7) is 5.92. The molecule has 3 atom stereocenters. The fraction of sp³-hybridized carbons (Fsp3) is 0.846. The number of carbonyl (C=O) groups excluding carboxylic acids is 2. The maximum absolute atomic E-state index is 11.7. The zero-order chi connectivity index (χ0) is 13.7. The fourth-order valence-corrected chi connectivity index (χ4v) is 2.66. The van der Waals surface area contributed by atoms with Crippen molar-refractivity contribution < 1.29 is 9.59 Å². The second-order valence-electron chi connectivity index (χ2n) is 5.06. The van der Waals surface area contributed by atoms with Crippen molar-refractivity contribution in [2.75, 3.05) is 6.54 Å². The molecule has 0 bridgehead atoms. The lowest BCUT2D eigenvalue weighted by Gasteiger charge is -2.39. The van der Waals surface area contributed by atoms with Crippen molar-refractivity contribution in [3.63, 3.8) is 0 Å². The number of rotatable bonds is 4. The third-order valence-electron chi connectivity index (χ3n) is 3.62. The Labute approximate surface area is 109 Å². The number of amides is 2. The van der Waals surface area contributed by atoms with Crippen LogP contribution in [0.3, 0.4) is 0 Å². The number of hydrogen-bond acceptors (Lipinski definition) is 3. The van der Waals surface area contributed by atoms with Gasteiger partial charge in [0.05, 0.1) is 12.1 Å². The van der Waals surface area contributed by atoms with Gasteiger partial charge in [-0.1, -0.05) is 12.8 Å². The van der Waals surface area contributed by atoms with Crippen molar-refractivity contribution in [3.05, 3.63) is 0 Å². The molecule has 1 rings (SSSR count). The number of carbonyl (C=O) groups is 2. The molecule has 1 fully saturated rings. The van der Waals surface area contributed by atoms with Crippen molar-refractivity contribution in [3.8, 4) is 0 Å². The molecule has 3 N–H and O–H groups in total. The number of nitrogens with one attached hydrogen (secondary N) is 1. The lowest BCUT2D eigenvalue weighted by molar-refractivity contribution is -0.133. The molecular weight excluding hydrogens is 230 g/mol. The van der Waals surface area contributed by atoms with E-state index < -0.39 is 6.04 Å². The zero-order valence-electron chi connectivity index (χ0n) is 11.6. The Morgan fingerprint density at radius 1 is 1.39 bits per heavy atom. The first kappa shape index (κ1) is 15.0. The Morgan fingerprint density at radius 2 is 2.00 bits per heavy atom. The number of nitrogens with zero attached hydrogens (tertiary/aromatic N) is 1. The van der Waals surface area contributed by atoms with E-state index in [-0.39, 0.29) is 23.9 Å².